The van der Waals surface area contributed by atoms with Crippen molar-refractivity contribution < 1.29 is 19.0 Å². The second kappa shape index (κ2) is 9.24. The first-order chi connectivity index (χ1) is 14.4. The molecule has 0 saturated heterocycles. The van der Waals surface area contributed by atoms with Gasteiger partial charge in [-0.15, -0.1) is 0 Å². The van der Waals surface area contributed by atoms with Gasteiger partial charge in [0.2, 0.25) is 0 Å². The number of benzene rings is 3. The fraction of sp³-hybridized carbons (Fsp3) is 0.0500. The molecule has 3 aromatic carbocycles. The number of non-ortho nitro benzene ring substituents is 1. The molecule has 30 heavy (non-hydrogen) atoms. The molecule has 0 unspecified atom stereocenters. The van der Waals surface area contributed by atoms with Gasteiger partial charge in [0, 0.05) is 11.6 Å². The van der Waals surface area contributed by atoms with Crippen molar-refractivity contribution >= 4 is 23.3 Å². The van der Waals surface area contributed by atoms with Gasteiger partial charge in [-0.25, -0.2) is 4.39 Å². The summed E-state index contributed by atoms with van der Waals surface area (Å²) in [6, 6.07) is 16.2. The number of halogens is 1. The van der Waals surface area contributed by atoms with E-state index in [0.29, 0.717) is 16.9 Å². The number of hydrogen-bond donors (Lipinski definition) is 1. The predicted molar refractivity (Wildman–Crippen MR) is 108 cm³/mol. The van der Waals surface area contributed by atoms with Crippen molar-refractivity contribution in [2.45, 2.75) is 6.61 Å². The number of anilines is 1. The quantitative estimate of drug-likeness (QED) is 0.327. The Bertz CT molecular complexity index is 1120. The molecule has 0 fully saturated rings. The second-order valence-corrected chi connectivity index (χ2v) is 6.04. The molecule has 0 aliphatic carbocycles. The highest BCUT2D eigenvalue weighted by Crippen LogP contribution is 2.29. The Hall–Kier alpha value is -4.34. The van der Waals surface area contributed by atoms with Crippen molar-refractivity contribution in [1.82, 2.24) is 0 Å². The first kappa shape index (κ1) is 20.4. The lowest BCUT2D eigenvalue weighted by molar-refractivity contribution is -0.393. The molecule has 0 saturated carbocycles. The maximum atomic E-state index is 13.3. The van der Waals surface area contributed by atoms with Gasteiger partial charge in [-0.05, 0) is 35.9 Å². The van der Waals surface area contributed by atoms with Crippen molar-refractivity contribution in [1.29, 1.82) is 0 Å². The molecule has 0 aromatic heterocycles. The number of nitro groups is 2. The SMILES string of the molecule is O=[N+]([O-])c1ccc(N/N=C/c2ccccc2OCc2cccc(F)c2)c([N+](=O)[O-])c1. The molecule has 152 valence electrons. The zero-order valence-electron chi connectivity index (χ0n) is 15.4. The van der Waals surface area contributed by atoms with E-state index in [-0.39, 0.29) is 18.1 Å². The third kappa shape index (κ3) is 5.13. The van der Waals surface area contributed by atoms with Crippen molar-refractivity contribution in [3.8, 4) is 5.75 Å². The van der Waals surface area contributed by atoms with Gasteiger partial charge >= 0.3 is 5.69 Å². The average molecular weight is 410 g/mol. The molecule has 0 radical (unpaired) electrons. The number of hydrazone groups is 1. The van der Waals surface area contributed by atoms with Gasteiger partial charge in [-0.3, -0.25) is 25.7 Å². The third-order valence-electron chi connectivity index (χ3n) is 3.98. The van der Waals surface area contributed by atoms with Crippen LogP contribution in [-0.2, 0) is 6.61 Å². The highest BCUT2D eigenvalue weighted by atomic mass is 19.1. The average Bonchev–Trinajstić information content (AvgIpc) is 2.73. The molecule has 9 nitrogen and oxygen atoms in total. The van der Waals surface area contributed by atoms with Gasteiger partial charge in [0.15, 0.2) is 0 Å². The number of nitrogens with one attached hydrogen (secondary N) is 1. The predicted octanol–water partition coefficient (Wildman–Crippen LogP) is 4.67. The van der Waals surface area contributed by atoms with Crippen LogP contribution in [0.4, 0.5) is 21.5 Å². The van der Waals surface area contributed by atoms with Crippen LogP contribution in [0.2, 0.25) is 0 Å². The van der Waals surface area contributed by atoms with E-state index in [0.717, 1.165) is 12.1 Å². The van der Waals surface area contributed by atoms with Crippen LogP contribution < -0.4 is 10.2 Å². The summed E-state index contributed by atoms with van der Waals surface area (Å²) >= 11 is 0. The van der Waals surface area contributed by atoms with E-state index >= 15 is 0 Å². The largest absolute Gasteiger partial charge is 0.488 e. The number of para-hydroxylation sites is 1. The van der Waals surface area contributed by atoms with E-state index in [1.54, 1.807) is 36.4 Å². The highest BCUT2D eigenvalue weighted by Gasteiger charge is 2.19. The lowest BCUT2D eigenvalue weighted by Gasteiger charge is -2.09. The Morgan fingerprint density at radius 1 is 1.00 bits per heavy atom. The molecule has 10 heteroatoms. The summed E-state index contributed by atoms with van der Waals surface area (Å²) in [5.41, 5.74) is 2.88. The summed E-state index contributed by atoms with van der Waals surface area (Å²) in [5.74, 6) is 0.116. The minimum Gasteiger partial charge on any atom is -0.488 e. The van der Waals surface area contributed by atoms with E-state index in [4.69, 9.17) is 4.74 Å². The molecule has 3 rings (SSSR count). The van der Waals surface area contributed by atoms with E-state index in [2.05, 4.69) is 10.5 Å². The summed E-state index contributed by atoms with van der Waals surface area (Å²) in [6.45, 7) is 0.143. The van der Waals surface area contributed by atoms with Crippen molar-refractivity contribution in [3.05, 3.63) is 104 Å². The maximum absolute atomic E-state index is 13.3. The fourth-order valence-electron chi connectivity index (χ4n) is 2.56. The minimum atomic E-state index is -0.735. The van der Waals surface area contributed by atoms with Crippen LogP contribution in [-0.4, -0.2) is 16.1 Å². The first-order valence-corrected chi connectivity index (χ1v) is 8.62. The lowest BCUT2D eigenvalue weighted by atomic mass is 10.2. The van der Waals surface area contributed by atoms with Crippen LogP contribution in [0.3, 0.4) is 0 Å². The normalized spacial score (nSPS) is 10.7. The molecule has 0 heterocycles. The van der Waals surface area contributed by atoms with Crippen LogP contribution in [0.5, 0.6) is 5.75 Å². The van der Waals surface area contributed by atoms with Crippen molar-refractivity contribution in [2.24, 2.45) is 5.10 Å². The number of nitro benzene ring substituents is 2. The maximum Gasteiger partial charge on any atom is 0.301 e. The molecule has 0 atom stereocenters. The Balaban J connectivity index is 1.74. The monoisotopic (exact) mass is 410 g/mol. The van der Waals surface area contributed by atoms with Crippen LogP contribution in [0.15, 0.2) is 71.8 Å². The molecule has 0 amide bonds. The summed E-state index contributed by atoms with van der Waals surface area (Å²) in [5, 5.41) is 25.9. The highest BCUT2D eigenvalue weighted by molar-refractivity contribution is 5.84. The van der Waals surface area contributed by atoms with Gasteiger partial charge in [-0.1, -0.05) is 24.3 Å². The van der Waals surface area contributed by atoms with Crippen molar-refractivity contribution in [2.75, 3.05) is 5.43 Å². The fourth-order valence-corrected chi connectivity index (χ4v) is 2.56. The number of ether oxygens (including phenoxy) is 1. The van der Waals surface area contributed by atoms with E-state index in [1.165, 1.54) is 24.4 Å². The molecule has 1 N–H and O–H groups in total. The molecule has 3 aromatic rings. The molecular formula is C20H15FN4O5. The topological polar surface area (TPSA) is 120 Å². The molecule has 0 spiro atoms. The Morgan fingerprint density at radius 2 is 1.80 bits per heavy atom. The van der Waals surface area contributed by atoms with Crippen LogP contribution in [0.1, 0.15) is 11.1 Å². The number of hydrogen-bond acceptors (Lipinski definition) is 7. The second-order valence-electron chi connectivity index (χ2n) is 6.04. The molecular weight excluding hydrogens is 395 g/mol. The van der Waals surface area contributed by atoms with E-state index in [9.17, 15) is 24.6 Å². The van der Waals surface area contributed by atoms with Gasteiger partial charge in [-0.2, -0.15) is 5.10 Å². The minimum absolute atomic E-state index is 0.00000949. The van der Waals surface area contributed by atoms with Crippen LogP contribution in [0, 0.1) is 26.0 Å². The Morgan fingerprint density at radius 3 is 2.53 bits per heavy atom. The van der Waals surface area contributed by atoms with E-state index < -0.39 is 21.2 Å². The van der Waals surface area contributed by atoms with Gasteiger partial charge in [0.05, 0.1) is 22.1 Å². The smallest absolute Gasteiger partial charge is 0.301 e. The van der Waals surface area contributed by atoms with E-state index in [1.807, 2.05) is 0 Å². The zero-order valence-corrected chi connectivity index (χ0v) is 15.4. The number of rotatable bonds is 8. The summed E-state index contributed by atoms with van der Waals surface area (Å²) < 4.78 is 19.0. The summed E-state index contributed by atoms with van der Waals surface area (Å²) in [4.78, 5) is 20.5. The lowest BCUT2D eigenvalue weighted by Crippen LogP contribution is -2.00. The number of nitrogens with zero attached hydrogens (tertiary/aromatic N) is 3. The van der Waals surface area contributed by atoms with Crippen LogP contribution >= 0.6 is 0 Å². The van der Waals surface area contributed by atoms with Gasteiger partial charge < -0.3 is 4.74 Å². The third-order valence-corrected chi connectivity index (χ3v) is 3.98. The van der Waals surface area contributed by atoms with Gasteiger partial charge in [0.25, 0.3) is 5.69 Å². The Kier molecular flexibility index (Phi) is 6.28. The zero-order chi connectivity index (χ0) is 21.5. The van der Waals surface area contributed by atoms with Gasteiger partial charge in [0.1, 0.15) is 23.9 Å². The van der Waals surface area contributed by atoms with Crippen molar-refractivity contribution in [3.63, 3.8) is 0 Å². The summed E-state index contributed by atoms with van der Waals surface area (Å²) in [6.07, 6.45) is 1.39. The van der Waals surface area contributed by atoms with Crippen LogP contribution in [0.25, 0.3) is 0 Å². The molecule has 0 bridgehead atoms. The standard InChI is InChI=1S/C20H15FN4O5/c21-16-6-3-4-14(10-16)13-30-20-7-2-1-5-15(20)12-22-23-18-9-8-17(24(26)27)11-19(18)25(28)29/h1-12,23H,13H2/b22-12+. The Labute approximate surface area is 169 Å². The molecule has 0 aliphatic rings. The summed E-state index contributed by atoms with van der Waals surface area (Å²) in [7, 11) is 0. The molecule has 0 aliphatic heterocycles. The first-order valence-electron chi connectivity index (χ1n) is 8.62.